The van der Waals surface area contributed by atoms with Crippen LogP contribution in [0.3, 0.4) is 0 Å². The first-order valence-electron chi connectivity index (χ1n) is 7.05. The molecule has 0 bridgehead atoms. The van der Waals surface area contributed by atoms with Crippen LogP contribution >= 0.6 is 0 Å². The van der Waals surface area contributed by atoms with Crippen molar-refractivity contribution in [2.45, 2.75) is 0 Å². The second kappa shape index (κ2) is 8.52. The third-order valence-electron chi connectivity index (χ3n) is 3.01. The van der Waals surface area contributed by atoms with Gasteiger partial charge >= 0.3 is 0 Å². The second-order valence-electron chi connectivity index (χ2n) is 4.67. The van der Waals surface area contributed by atoms with Crippen molar-refractivity contribution < 1.29 is 23.5 Å². The number of halogens is 1. The van der Waals surface area contributed by atoms with Gasteiger partial charge in [-0.25, -0.2) is 4.39 Å². The van der Waals surface area contributed by atoms with Crippen molar-refractivity contribution in [2.75, 3.05) is 26.1 Å². The maximum Gasteiger partial charge on any atom is 0.265 e. The van der Waals surface area contributed by atoms with Crippen molar-refractivity contribution in [1.82, 2.24) is 0 Å². The molecular weight excluding hydrogens is 315 g/mol. The average Bonchev–Trinajstić information content (AvgIpc) is 2.58. The number of rotatable bonds is 7. The van der Waals surface area contributed by atoms with Gasteiger partial charge in [0.15, 0.2) is 6.61 Å². The van der Waals surface area contributed by atoms with Gasteiger partial charge in [-0.05, 0) is 36.4 Å². The summed E-state index contributed by atoms with van der Waals surface area (Å²) in [6.07, 6.45) is 1.41. The van der Waals surface area contributed by atoms with Crippen molar-refractivity contribution in [1.29, 1.82) is 0 Å². The Bertz CT molecular complexity index is 734. The van der Waals surface area contributed by atoms with Gasteiger partial charge in [0.2, 0.25) is 0 Å². The van der Waals surface area contributed by atoms with E-state index in [4.69, 9.17) is 14.3 Å². The highest BCUT2D eigenvalue weighted by Gasteiger charge is 2.05. The molecule has 126 valence electrons. The number of ether oxygens (including phenoxy) is 2. The van der Waals surface area contributed by atoms with Crippen LogP contribution in [0.15, 0.2) is 47.6 Å². The van der Waals surface area contributed by atoms with Crippen LogP contribution in [0.2, 0.25) is 0 Å². The number of carbonyl (C=O) groups is 1. The molecule has 1 N–H and O–H groups in total. The van der Waals surface area contributed by atoms with Crippen molar-refractivity contribution in [3.63, 3.8) is 0 Å². The molecule has 0 aliphatic heterocycles. The molecule has 0 aliphatic carbocycles. The Morgan fingerprint density at radius 2 is 2.04 bits per heavy atom. The number of hydrogen-bond acceptors (Lipinski definition) is 5. The topological polar surface area (TPSA) is 69.1 Å². The SMILES string of the molecule is COc1ccc(OC)c(/C=N/OCC(=O)Nc2cccc(F)c2)c1. The van der Waals surface area contributed by atoms with Crippen LogP contribution < -0.4 is 14.8 Å². The molecule has 24 heavy (non-hydrogen) atoms. The lowest BCUT2D eigenvalue weighted by atomic mass is 10.2. The van der Waals surface area contributed by atoms with Crippen LogP contribution in [0.25, 0.3) is 0 Å². The molecule has 0 saturated carbocycles. The molecule has 0 fully saturated rings. The van der Waals surface area contributed by atoms with Crippen LogP contribution in [0.4, 0.5) is 10.1 Å². The van der Waals surface area contributed by atoms with E-state index < -0.39 is 11.7 Å². The summed E-state index contributed by atoms with van der Waals surface area (Å²) in [6.45, 7) is -0.306. The molecule has 0 heterocycles. The van der Waals surface area contributed by atoms with E-state index in [0.717, 1.165) is 0 Å². The zero-order valence-electron chi connectivity index (χ0n) is 13.3. The van der Waals surface area contributed by atoms with Gasteiger partial charge in [-0.2, -0.15) is 0 Å². The van der Waals surface area contributed by atoms with Gasteiger partial charge in [-0.15, -0.1) is 0 Å². The smallest absolute Gasteiger partial charge is 0.265 e. The third kappa shape index (κ3) is 4.98. The average molecular weight is 332 g/mol. The Hall–Kier alpha value is -3.09. The molecule has 1 amide bonds. The largest absolute Gasteiger partial charge is 0.497 e. The molecule has 6 nitrogen and oxygen atoms in total. The minimum absolute atomic E-state index is 0.306. The van der Waals surface area contributed by atoms with Gasteiger partial charge in [0.05, 0.1) is 20.4 Å². The first-order valence-corrected chi connectivity index (χ1v) is 7.05. The van der Waals surface area contributed by atoms with Crippen molar-refractivity contribution in [3.8, 4) is 11.5 Å². The molecule has 2 aromatic carbocycles. The second-order valence-corrected chi connectivity index (χ2v) is 4.67. The van der Waals surface area contributed by atoms with E-state index in [0.29, 0.717) is 22.7 Å². The number of nitrogens with one attached hydrogen (secondary N) is 1. The van der Waals surface area contributed by atoms with Crippen LogP contribution in [0.5, 0.6) is 11.5 Å². The lowest BCUT2D eigenvalue weighted by molar-refractivity contribution is -0.120. The molecule has 2 rings (SSSR count). The lowest BCUT2D eigenvalue weighted by Gasteiger charge is -2.07. The van der Waals surface area contributed by atoms with Crippen molar-refractivity contribution in [2.24, 2.45) is 5.16 Å². The normalized spacial score (nSPS) is 10.5. The highest BCUT2D eigenvalue weighted by atomic mass is 19.1. The predicted molar refractivity (Wildman–Crippen MR) is 88.1 cm³/mol. The number of oxime groups is 1. The van der Waals surface area contributed by atoms with Gasteiger partial charge in [0, 0.05) is 11.3 Å². The van der Waals surface area contributed by atoms with Gasteiger partial charge in [0.25, 0.3) is 5.91 Å². The zero-order valence-corrected chi connectivity index (χ0v) is 13.3. The van der Waals surface area contributed by atoms with E-state index in [1.807, 2.05) is 0 Å². The maximum atomic E-state index is 13.0. The number of nitrogens with zero attached hydrogens (tertiary/aromatic N) is 1. The van der Waals surface area contributed by atoms with Gasteiger partial charge in [-0.3, -0.25) is 4.79 Å². The molecule has 0 radical (unpaired) electrons. The van der Waals surface area contributed by atoms with Crippen LogP contribution in [0.1, 0.15) is 5.56 Å². The van der Waals surface area contributed by atoms with Gasteiger partial charge < -0.3 is 19.6 Å². The standard InChI is InChI=1S/C17H17FN2O4/c1-22-15-6-7-16(23-2)12(8-15)10-19-24-11-17(21)20-14-5-3-4-13(18)9-14/h3-10H,11H2,1-2H3,(H,20,21)/b19-10+. The Kier molecular flexibility index (Phi) is 6.13. The monoisotopic (exact) mass is 332 g/mol. The summed E-state index contributed by atoms with van der Waals surface area (Å²) in [7, 11) is 3.09. The summed E-state index contributed by atoms with van der Waals surface area (Å²) in [5.74, 6) is 0.348. The third-order valence-corrected chi connectivity index (χ3v) is 3.01. The Balaban J connectivity index is 1.89. The van der Waals surface area contributed by atoms with E-state index in [-0.39, 0.29) is 6.61 Å². The molecular formula is C17H17FN2O4. The molecule has 0 spiro atoms. The van der Waals surface area contributed by atoms with E-state index in [2.05, 4.69) is 10.5 Å². The summed E-state index contributed by atoms with van der Waals surface area (Å²) in [6, 6.07) is 10.8. The molecule has 0 atom stereocenters. The van der Waals surface area contributed by atoms with Crippen molar-refractivity contribution >= 4 is 17.8 Å². The highest BCUT2D eigenvalue weighted by Crippen LogP contribution is 2.22. The number of methoxy groups -OCH3 is 2. The summed E-state index contributed by atoms with van der Waals surface area (Å²) >= 11 is 0. The zero-order chi connectivity index (χ0) is 17.4. The molecule has 7 heteroatoms. The summed E-state index contributed by atoms with van der Waals surface area (Å²) in [4.78, 5) is 16.6. The first kappa shape index (κ1) is 17.3. The fourth-order valence-corrected chi connectivity index (χ4v) is 1.89. The number of benzene rings is 2. The van der Waals surface area contributed by atoms with E-state index in [9.17, 15) is 9.18 Å². The van der Waals surface area contributed by atoms with Gasteiger partial charge in [0.1, 0.15) is 17.3 Å². The summed E-state index contributed by atoms with van der Waals surface area (Å²) in [5, 5.41) is 6.23. The molecule has 2 aromatic rings. The number of carbonyl (C=O) groups excluding carboxylic acids is 1. The minimum Gasteiger partial charge on any atom is -0.497 e. The van der Waals surface area contributed by atoms with Crippen molar-refractivity contribution in [3.05, 3.63) is 53.8 Å². The summed E-state index contributed by atoms with van der Waals surface area (Å²) < 4.78 is 23.3. The van der Waals surface area contributed by atoms with Crippen LogP contribution in [-0.2, 0) is 9.63 Å². The Morgan fingerprint density at radius 1 is 1.21 bits per heavy atom. The fraction of sp³-hybridized carbons (Fsp3) is 0.176. The molecule has 0 aromatic heterocycles. The van der Waals surface area contributed by atoms with E-state index >= 15 is 0 Å². The molecule has 0 aliphatic rings. The number of amides is 1. The van der Waals surface area contributed by atoms with E-state index in [1.54, 1.807) is 31.4 Å². The van der Waals surface area contributed by atoms with E-state index in [1.165, 1.54) is 31.5 Å². The van der Waals surface area contributed by atoms with Crippen LogP contribution in [-0.4, -0.2) is 32.9 Å². The Labute approximate surface area is 138 Å². The number of anilines is 1. The van der Waals surface area contributed by atoms with Crippen LogP contribution in [0, 0.1) is 5.82 Å². The molecule has 0 unspecified atom stereocenters. The first-order chi connectivity index (χ1) is 11.6. The minimum atomic E-state index is -0.449. The molecule has 0 saturated heterocycles. The number of hydrogen-bond donors (Lipinski definition) is 1. The summed E-state index contributed by atoms with van der Waals surface area (Å²) in [5.41, 5.74) is 0.990. The lowest BCUT2D eigenvalue weighted by Crippen LogP contribution is -2.17. The quantitative estimate of drug-likeness (QED) is 0.625. The predicted octanol–water partition coefficient (Wildman–Crippen LogP) is 2.83. The fourth-order valence-electron chi connectivity index (χ4n) is 1.89. The maximum absolute atomic E-state index is 13.0. The Morgan fingerprint density at radius 3 is 2.75 bits per heavy atom. The van der Waals surface area contributed by atoms with Gasteiger partial charge in [-0.1, -0.05) is 11.2 Å². The highest BCUT2D eigenvalue weighted by molar-refractivity contribution is 5.91.